The van der Waals surface area contributed by atoms with E-state index in [9.17, 15) is 69.6 Å². The summed E-state index contributed by atoms with van der Waals surface area (Å²) in [5.74, 6) is -3.95. The summed E-state index contributed by atoms with van der Waals surface area (Å²) in [7, 11) is 0. The van der Waals surface area contributed by atoms with Crippen LogP contribution in [0.3, 0.4) is 0 Å². The number of carbonyl (C=O) groups is 5. The van der Waals surface area contributed by atoms with Crippen molar-refractivity contribution >= 4 is 46.6 Å². The number of ether oxygens (including phenoxy) is 5. The van der Waals surface area contributed by atoms with Crippen molar-refractivity contribution in [3.8, 4) is 0 Å². The number of hydrogen-bond donors (Lipinski definition) is 15. The van der Waals surface area contributed by atoms with Gasteiger partial charge in [0.15, 0.2) is 30.0 Å². The highest BCUT2D eigenvalue weighted by Crippen LogP contribution is 2.31. The van der Waals surface area contributed by atoms with Gasteiger partial charge in [-0.05, 0) is 26.2 Å². The van der Waals surface area contributed by atoms with Crippen molar-refractivity contribution < 1.29 is 88.5 Å². The predicted octanol–water partition coefficient (Wildman–Crippen LogP) is -8.87. The fraction of sp³-hybridized carbons (Fsp3) is 0.722. The molecule has 364 valence electrons. The molecule has 0 aromatic carbocycles. The van der Waals surface area contributed by atoms with Crippen LogP contribution in [0.4, 0.5) is 5.95 Å². The standard InChI is InChI=1S/C36H56N10O19/c1-13-23(52)27(56)29(58)35(63-13)62-11-20(51)39-8-18(49)43-15(5-3-4-6-38-19(50)10-61-34-21(42-14(2)48)26(55)25(54)17(9-47)65-34)31(59)40-7-16-24(53)28(57)33(64-16)46-12-41-22-30(46)44-36(37)45-32(22)60/h12-13,15-17,21,23-29,33-35,47,52-58H,3-11H2,1-2H3,(H,38,50)(H,39,51)(H,40,59)(H,42,48)(H,43,49)(H3,37,44,45,60)/t13-,15-,16+,17+,21+,23+,24+,25+,26+,27+,28+,29-,33+,34+,35-/m0/s1. The van der Waals surface area contributed by atoms with Gasteiger partial charge in [0.05, 0.1) is 25.6 Å². The zero-order valence-electron chi connectivity index (χ0n) is 35.1. The van der Waals surface area contributed by atoms with Gasteiger partial charge in [0.1, 0.15) is 80.2 Å². The number of fused-ring (bicyclic) bond motifs is 1. The second-order valence-electron chi connectivity index (χ2n) is 15.5. The summed E-state index contributed by atoms with van der Waals surface area (Å²) in [6.45, 7) is -0.490. The number of aromatic amines is 1. The molecule has 15 atom stereocenters. The number of amides is 5. The van der Waals surface area contributed by atoms with Gasteiger partial charge in [0, 0.05) is 20.0 Å². The van der Waals surface area contributed by atoms with Crippen molar-refractivity contribution in [1.29, 1.82) is 0 Å². The Bertz CT molecular complexity index is 2030. The molecule has 29 heteroatoms. The van der Waals surface area contributed by atoms with Crippen molar-refractivity contribution in [1.82, 2.24) is 46.1 Å². The van der Waals surface area contributed by atoms with Crippen molar-refractivity contribution in [2.24, 2.45) is 0 Å². The summed E-state index contributed by atoms with van der Waals surface area (Å²) >= 11 is 0. The SMILES string of the molecule is CC(=O)N[C@H]1[C@H](OCC(=O)NCCCC[C@H](NC(=O)CNC(=O)CO[C@H]2O[C@@H](C)[C@@H](O)[C@@H](O)[C@@H]2O)C(=O)NC[C@H]2O[C@@H](n3cnc4c(=O)[nH]c(N)nc43)[C@H](O)[C@@H]2O)O[C@H](CO)[C@@H](O)[C@@H]1O. The number of aliphatic hydroxyl groups excluding tert-OH is 8. The Morgan fingerprint density at radius 3 is 2.20 bits per heavy atom. The molecular formula is C36H56N10O19. The Balaban J connectivity index is 1.14. The number of aliphatic hydroxyl groups is 8. The highest BCUT2D eigenvalue weighted by Gasteiger charge is 2.47. The highest BCUT2D eigenvalue weighted by molar-refractivity contribution is 5.90. The first-order valence-corrected chi connectivity index (χ1v) is 20.5. The number of imidazole rings is 1. The number of anilines is 1. The molecule has 2 aromatic heterocycles. The Hall–Kier alpha value is -5.02. The molecule has 65 heavy (non-hydrogen) atoms. The average Bonchev–Trinajstić information content (AvgIpc) is 3.81. The molecule has 0 spiro atoms. The summed E-state index contributed by atoms with van der Waals surface area (Å²) in [5.41, 5.74) is 4.84. The third-order valence-corrected chi connectivity index (χ3v) is 10.7. The molecule has 5 amide bonds. The summed E-state index contributed by atoms with van der Waals surface area (Å²) < 4.78 is 28.4. The number of nitrogens with one attached hydrogen (secondary N) is 6. The fourth-order valence-electron chi connectivity index (χ4n) is 7.16. The minimum absolute atomic E-state index is 0.0344. The van der Waals surface area contributed by atoms with Crippen LogP contribution in [-0.2, 0) is 47.7 Å². The average molecular weight is 933 g/mol. The van der Waals surface area contributed by atoms with Gasteiger partial charge >= 0.3 is 0 Å². The summed E-state index contributed by atoms with van der Waals surface area (Å²) in [6.07, 6.45) is -17.0. The number of H-pyrrole nitrogens is 1. The molecule has 0 bridgehead atoms. The van der Waals surface area contributed by atoms with Crippen LogP contribution in [0.15, 0.2) is 11.1 Å². The minimum Gasteiger partial charge on any atom is -0.394 e. The first-order valence-electron chi connectivity index (χ1n) is 20.5. The van der Waals surface area contributed by atoms with E-state index in [0.717, 1.165) is 13.3 Å². The second-order valence-corrected chi connectivity index (χ2v) is 15.5. The molecule has 5 heterocycles. The van der Waals surface area contributed by atoms with Gasteiger partial charge in [0.25, 0.3) is 5.56 Å². The Labute approximate surface area is 367 Å². The smallest absolute Gasteiger partial charge is 0.280 e. The minimum atomic E-state index is -1.68. The van der Waals surface area contributed by atoms with Gasteiger partial charge in [-0.2, -0.15) is 4.98 Å². The number of unbranched alkanes of at least 4 members (excludes halogenated alkanes) is 1. The van der Waals surface area contributed by atoms with E-state index in [4.69, 9.17) is 29.4 Å². The van der Waals surface area contributed by atoms with Crippen molar-refractivity contribution in [2.45, 2.75) is 125 Å². The van der Waals surface area contributed by atoms with Crippen molar-refractivity contribution in [3.05, 3.63) is 16.7 Å². The third kappa shape index (κ3) is 12.9. The van der Waals surface area contributed by atoms with Gasteiger partial charge in [-0.1, -0.05) is 0 Å². The first-order chi connectivity index (χ1) is 30.8. The van der Waals surface area contributed by atoms with Crippen LogP contribution in [0.2, 0.25) is 0 Å². The van der Waals surface area contributed by atoms with E-state index in [2.05, 4.69) is 41.5 Å². The van der Waals surface area contributed by atoms with Gasteiger partial charge < -0.3 is 96.9 Å². The lowest BCUT2D eigenvalue weighted by molar-refractivity contribution is -0.291. The lowest BCUT2D eigenvalue weighted by Crippen LogP contribution is -2.64. The van der Waals surface area contributed by atoms with E-state index in [1.54, 1.807) is 0 Å². The van der Waals surface area contributed by atoms with Crippen LogP contribution < -0.4 is 37.9 Å². The topological polar surface area (TPSA) is 443 Å². The van der Waals surface area contributed by atoms with E-state index in [0.29, 0.717) is 0 Å². The van der Waals surface area contributed by atoms with Gasteiger partial charge in [-0.25, -0.2) is 4.98 Å². The quantitative estimate of drug-likeness (QED) is 0.0548. The lowest BCUT2D eigenvalue weighted by atomic mass is 9.97. The van der Waals surface area contributed by atoms with E-state index in [1.807, 2.05) is 0 Å². The molecule has 0 aliphatic carbocycles. The lowest BCUT2D eigenvalue weighted by Gasteiger charge is -2.42. The molecular weight excluding hydrogens is 876 g/mol. The van der Waals surface area contributed by atoms with Crippen LogP contribution in [0.25, 0.3) is 11.2 Å². The van der Waals surface area contributed by atoms with E-state index >= 15 is 0 Å². The van der Waals surface area contributed by atoms with Gasteiger partial charge in [-0.3, -0.25) is 38.3 Å². The molecule has 0 radical (unpaired) electrons. The largest absolute Gasteiger partial charge is 0.394 e. The number of nitrogens with two attached hydrogens (primary N) is 1. The van der Waals surface area contributed by atoms with Gasteiger partial charge in [-0.15, -0.1) is 0 Å². The highest BCUT2D eigenvalue weighted by atomic mass is 16.7. The normalized spacial score (nSPS) is 31.8. The number of nitrogens with zero attached hydrogens (tertiary/aromatic N) is 3. The summed E-state index contributed by atoms with van der Waals surface area (Å²) in [6, 6.07) is -2.55. The fourth-order valence-corrected chi connectivity index (χ4v) is 7.16. The maximum absolute atomic E-state index is 13.5. The van der Waals surface area contributed by atoms with Crippen LogP contribution >= 0.6 is 0 Å². The molecule has 2 aromatic rings. The molecule has 5 rings (SSSR count). The molecule has 0 unspecified atom stereocenters. The Morgan fingerprint density at radius 1 is 0.831 bits per heavy atom. The Kier molecular flexibility index (Phi) is 18.0. The predicted molar refractivity (Wildman–Crippen MR) is 213 cm³/mol. The number of hydrogen-bond acceptors (Lipinski definition) is 22. The molecule has 3 aliphatic rings. The monoisotopic (exact) mass is 932 g/mol. The van der Waals surface area contributed by atoms with Crippen molar-refractivity contribution in [2.75, 3.05) is 45.2 Å². The molecule has 16 N–H and O–H groups in total. The summed E-state index contributed by atoms with van der Waals surface area (Å²) in [4.78, 5) is 85.8. The molecule has 0 saturated carbocycles. The van der Waals surface area contributed by atoms with Gasteiger partial charge in [0.2, 0.25) is 35.5 Å². The summed E-state index contributed by atoms with van der Waals surface area (Å²) in [5, 5.41) is 94.0. The molecule has 29 nitrogen and oxygen atoms in total. The first kappa shape index (κ1) is 51.0. The van der Waals surface area contributed by atoms with Crippen molar-refractivity contribution in [3.63, 3.8) is 0 Å². The van der Waals surface area contributed by atoms with E-state index < -0.39 is 160 Å². The van der Waals surface area contributed by atoms with Crippen LogP contribution in [0.5, 0.6) is 0 Å². The number of carbonyl (C=O) groups excluding carboxylic acids is 5. The molecule has 3 fully saturated rings. The molecule has 3 aliphatic heterocycles. The zero-order valence-corrected chi connectivity index (χ0v) is 35.1. The number of nitrogen functional groups attached to an aromatic ring is 1. The van der Waals surface area contributed by atoms with Crippen LogP contribution in [0.1, 0.15) is 39.3 Å². The van der Waals surface area contributed by atoms with Crippen LogP contribution in [-0.4, -0.2) is 215 Å². The van der Waals surface area contributed by atoms with E-state index in [1.165, 1.54) is 11.5 Å². The molecule has 3 saturated heterocycles. The number of aromatic nitrogens is 4. The second kappa shape index (κ2) is 22.9. The zero-order chi connectivity index (χ0) is 47.7. The van der Waals surface area contributed by atoms with E-state index in [-0.39, 0.29) is 42.9 Å². The number of rotatable bonds is 20. The van der Waals surface area contributed by atoms with Crippen LogP contribution in [0, 0.1) is 0 Å². The maximum atomic E-state index is 13.5. The maximum Gasteiger partial charge on any atom is 0.280 e. The third-order valence-electron chi connectivity index (χ3n) is 10.7. The Morgan fingerprint density at radius 2 is 1.51 bits per heavy atom.